The van der Waals surface area contributed by atoms with E-state index in [0.717, 1.165) is 11.8 Å². The Kier molecular flexibility index (Phi) is 5.22. The average molecular weight is 391 g/mol. The van der Waals surface area contributed by atoms with Crippen molar-refractivity contribution in [3.05, 3.63) is 49.9 Å². The van der Waals surface area contributed by atoms with Gasteiger partial charge < -0.3 is 9.84 Å². The second-order valence-electron chi connectivity index (χ2n) is 6.21. The quantitative estimate of drug-likeness (QED) is 0.692. The third-order valence-electron chi connectivity index (χ3n) is 4.02. The minimum atomic E-state index is -1.45. The van der Waals surface area contributed by atoms with Gasteiger partial charge in [0.1, 0.15) is 11.6 Å². The number of fused-ring (bicyclic) bond motifs is 1. The number of hydrogen-bond acceptors (Lipinski definition) is 6. The Morgan fingerprint density at radius 2 is 2.15 bits per heavy atom. The van der Waals surface area contributed by atoms with Gasteiger partial charge in [0, 0.05) is 18.0 Å². The van der Waals surface area contributed by atoms with Gasteiger partial charge in [-0.3, -0.25) is 9.48 Å². The Bertz CT molecular complexity index is 1070. The number of carbonyl (C=O) groups is 1. The number of aromatic carboxylic acids is 1. The number of ether oxygens (including phenoxy) is 1. The summed E-state index contributed by atoms with van der Waals surface area (Å²) in [5.74, 6) is -1.95. The van der Waals surface area contributed by atoms with E-state index in [9.17, 15) is 14.0 Å². The van der Waals surface area contributed by atoms with Crippen LogP contribution in [0.4, 0.5) is 4.39 Å². The molecule has 1 aromatic carbocycles. The maximum atomic E-state index is 14.4. The smallest absolute Gasteiger partial charge is 0.360 e. The average Bonchev–Trinajstić information content (AvgIpc) is 3.10. The number of thiazole rings is 1. The molecule has 1 N–H and O–H groups in total. The highest BCUT2D eigenvalue weighted by molar-refractivity contribution is 7.09. The maximum absolute atomic E-state index is 14.4. The summed E-state index contributed by atoms with van der Waals surface area (Å²) in [7, 11) is 0. The first-order chi connectivity index (χ1) is 12.8. The van der Waals surface area contributed by atoms with Crippen molar-refractivity contribution >= 4 is 28.2 Å². The molecule has 0 amide bonds. The number of hydrogen-bond donors (Lipinski definition) is 1. The Morgan fingerprint density at radius 3 is 2.74 bits per heavy atom. The topological polar surface area (TPSA) is 94.3 Å². The van der Waals surface area contributed by atoms with Crippen LogP contribution in [0.2, 0.25) is 0 Å². The number of carboxylic acids is 1. The lowest BCUT2D eigenvalue weighted by molar-refractivity contribution is 0.0686. The normalized spacial score (nSPS) is 11.3. The standard InChI is InChI=1S/C18H18FN3O4S/c1-4-22-13-6-14(26-7-15-20-12(8-27-15)9(2)3)11(19)5-10(13)17(23)16(21-22)18(24)25/h5-6,8-9H,4,7H2,1-3H3,(H,24,25). The number of halogens is 1. The van der Waals surface area contributed by atoms with Gasteiger partial charge in [-0.05, 0) is 18.9 Å². The molecule has 0 aliphatic rings. The van der Waals surface area contributed by atoms with E-state index >= 15 is 0 Å². The van der Waals surface area contributed by atoms with Gasteiger partial charge >= 0.3 is 5.97 Å². The van der Waals surface area contributed by atoms with Gasteiger partial charge in [0.05, 0.1) is 16.6 Å². The molecule has 0 spiro atoms. The third-order valence-corrected chi connectivity index (χ3v) is 4.86. The Balaban J connectivity index is 1.99. The van der Waals surface area contributed by atoms with E-state index in [1.54, 1.807) is 6.92 Å². The molecule has 0 fully saturated rings. The molecule has 27 heavy (non-hydrogen) atoms. The van der Waals surface area contributed by atoms with Crippen molar-refractivity contribution in [1.29, 1.82) is 0 Å². The minimum Gasteiger partial charge on any atom is -0.483 e. The van der Waals surface area contributed by atoms with Crippen LogP contribution in [-0.4, -0.2) is 25.8 Å². The number of benzene rings is 1. The highest BCUT2D eigenvalue weighted by Crippen LogP contribution is 2.25. The van der Waals surface area contributed by atoms with Crippen molar-refractivity contribution in [1.82, 2.24) is 14.8 Å². The lowest BCUT2D eigenvalue weighted by Crippen LogP contribution is -2.23. The van der Waals surface area contributed by atoms with E-state index in [-0.39, 0.29) is 17.7 Å². The van der Waals surface area contributed by atoms with Crippen LogP contribution in [0.1, 0.15) is 47.9 Å². The molecule has 0 saturated carbocycles. The fourth-order valence-corrected chi connectivity index (χ4v) is 3.44. The molecule has 9 heteroatoms. The molecule has 0 saturated heterocycles. The van der Waals surface area contributed by atoms with Gasteiger partial charge in [0.25, 0.3) is 0 Å². The van der Waals surface area contributed by atoms with Crippen LogP contribution in [0.25, 0.3) is 10.9 Å². The zero-order chi connectivity index (χ0) is 19.7. The van der Waals surface area contributed by atoms with E-state index in [1.807, 2.05) is 19.2 Å². The Morgan fingerprint density at radius 1 is 1.41 bits per heavy atom. The van der Waals surface area contributed by atoms with Crippen molar-refractivity contribution in [2.45, 2.75) is 39.8 Å². The highest BCUT2D eigenvalue weighted by Gasteiger charge is 2.19. The predicted octanol–water partition coefficient (Wildman–Crippen LogP) is 3.41. The molecule has 2 heterocycles. The number of carboxylic acid groups (broad SMARTS) is 1. The second kappa shape index (κ2) is 7.43. The molecule has 7 nitrogen and oxygen atoms in total. The van der Waals surface area contributed by atoms with Crippen LogP contribution >= 0.6 is 11.3 Å². The van der Waals surface area contributed by atoms with Gasteiger partial charge in [-0.25, -0.2) is 14.2 Å². The van der Waals surface area contributed by atoms with Crippen molar-refractivity contribution in [3.8, 4) is 5.75 Å². The second-order valence-corrected chi connectivity index (χ2v) is 7.15. The molecule has 0 unspecified atom stereocenters. The molecule has 3 aromatic rings. The molecule has 0 aliphatic heterocycles. The molecule has 0 aliphatic carbocycles. The summed E-state index contributed by atoms with van der Waals surface area (Å²) < 4.78 is 21.3. The van der Waals surface area contributed by atoms with Gasteiger partial charge in [0.2, 0.25) is 11.1 Å². The number of aromatic nitrogens is 3. The lowest BCUT2D eigenvalue weighted by Gasteiger charge is -2.11. The van der Waals surface area contributed by atoms with Crippen LogP contribution in [-0.2, 0) is 13.2 Å². The fourth-order valence-electron chi connectivity index (χ4n) is 2.57. The van der Waals surface area contributed by atoms with E-state index in [4.69, 9.17) is 9.84 Å². The minimum absolute atomic E-state index is 0.0460. The van der Waals surface area contributed by atoms with Crippen LogP contribution in [0.5, 0.6) is 5.75 Å². The van der Waals surface area contributed by atoms with Crippen molar-refractivity contribution < 1.29 is 19.0 Å². The number of rotatable bonds is 6. The molecule has 0 atom stereocenters. The predicted molar refractivity (Wildman–Crippen MR) is 99.1 cm³/mol. The first-order valence-corrected chi connectivity index (χ1v) is 9.24. The Hall–Kier alpha value is -2.81. The van der Waals surface area contributed by atoms with Crippen LogP contribution in [0.3, 0.4) is 0 Å². The first-order valence-electron chi connectivity index (χ1n) is 8.36. The van der Waals surface area contributed by atoms with Crippen LogP contribution < -0.4 is 10.2 Å². The lowest BCUT2D eigenvalue weighted by atomic mass is 10.1. The molecular weight excluding hydrogens is 373 g/mol. The molecule has 3 rings (SSSR count). The summed E-state index contributed by atoms with van der Waals surface area (Å²) in [6.45, 7) is 6.22. The highest BCUT2D eigenvalue weighted by atomic mass is 32.1. The Labute approximate surface area is 158 Å². The van der Waals surface area contributed by atoms with Gasteiger partial charge in [-0.2, -0.15) is 5.10 Å². The zero-order valence-corrected chi connectivity index (χ0v) is 15.8. The van der Waals surface area contributed by atoms with E-state index < -0.39 is 22.9 Å². The maximum Gasteiger partial charge on any atom is 0.360 e. The fraction of sp³-hybridized carbons (Fsp3) is 0.333. The number of nitrogens with zero attached hydrogens (tertiary/aromatic N) is 3. The molecule has 2 aromatic heterocycles. The van der Waals surface area contributed by atoms with Gasteiger partial charge in [-0.15, -0.1) is 11.3 Å². The van der Waals surface area contributed by atoms with Crippen molar-refractivity contribution in [3.63, 3.8) is 0 Å². The molecule has 0 bridgehead atoms. The summed E-state index contributed by atoms with van der Waals surface area (Å²) in [5.41, 5.74) is -0.204. The van der Waals surface area contributed by atoms with Gasteiger partial charge in [0.15, 0.2) is 11.6 Å². The summed E-state index contributed by atoms with van der Waals surface area (Å²) in [6.07, 6.45) is 0. The zero-order valence-electron chi connectivity index (χ0n) is 15.0. The molecule has 0 radical (unpaired) electrons. The van der Waals surface area contributed by atoms with Crippen molar-refractivity contribution in [2.24, 2.45) is 0 Å². The summed E-state index contributed by atoms with van der Waals surface area (Å²) in [4.78, 5) is 27.9. The molecule has 142 valence electrons. The summed E-state index contributed by atoms with van der Waals surface area (Å²) >= 11 is 1.43. The van der Waals surface area contributed by atoms with Crippen LogP contribution in [0.15, 0.2) is 22.3 Å². The van der Waals surface area contributed by atoms with E-state index in [0.29, 0.717) is 23.0 Å². The summed E-state index contributed by atoms with van der Waals surface area (Å²) in [6, 6.07) is 2.36. The first kappa shape index (κ1) is 19.0. The van der Waals surface area contributed by atoms with E-state index in [2.05, 4.69) is 10.1 Å². The SMILES string of the molecule is CCn1nc(C(=O)O)c(=O)c2cc(F)c(OCc3nc(C(C)C)cs3)cc21. The van der Waals surface area contributed by atoms with Crippen molar-refractivity contribution in [2.75, 3.05) is 0 Å². The van der Waals surface area contributed by atoms with Crippen LogP contribution in [0, 0.1) is 5.82 Å². The van der Waals surface area contributed by atoms with Gasteiger partial charge in [-0.1, -0.05) is 13.8 Å². The molecular formula is C18H18FN3O4S. The summed E-state index contributed by atoms with van der Waals surface area (Å²) in [5, 5.41) is 15.6. The third kappa shape index (κ3) is 3.68. The monoisotopic (exact) mass is 391 g/mol. The number of aryl methyl sites for hydroxylation is 1. The largest absolute Gasteiger partial charge is 0.483 e. The van der Waals surface area contributed by atoms with E-state index in [1.165, 1.54) is 22.1 Å².